The van der Waals surface area contributed by atoms with Gasteiger partial charge >= 0.3 is 0 Å². The number of carbonyl (C=O) groups is 2. The zero-order chi connectivity index (χ0) is 17.3. The van der Waals surface area contributed by atoms with Crippen LogP contribution in [0.1, 0.15) is 32.6 Å². The number of anilines is 1. The highest BCUT2D eigenvalue weighted by molar-refractivity contribution is 7.80. The minimum absolute atomic E-state index is 0.193. The van der Waals surface area contributed by atoms with E-state index in [1.807, 2.05) is 37.3 Å². The molecule has 0 bridgehead atoms. The summed E-state index contributed by atoms with van der Waals surface area (Å²) in [5.41, 5.74) is 7.12. The Morgan fingerprint density at radius 1 is 1.25 bits per heavy atom. The summed E-state index contributed by atoms with van der Waals surface area (Å²) in [4.78, 5) is 25.5. The minimum Gasteiger partial charge on any atom is -0.369 e. The third kappa shape index (κ3) is 2.71. The summed E-state index contributed by atoms with van der Waals surface area (Å²) in [6.45, 7) is 1.84. The first-order valence-electron chi connectivity index (χ1n) is 8.13. The fraction of sp³-hybridized carbons (Fsp3) is 0.389. The van der Waals surface area contributed by atoms with Crippen LogP contribution in [0.25, 0.3) is 0 Å². The summed E-state index contributed by atoms with van der Waals surface area (Å²) < 4.78 is 0. The normalized spacial score (nSPS) is 22.4. The van der Waals surface area contributed by atoms with Crippen LogP contribution in [-0.4, -0.2) is 16.8 Å². The maximum Gasteiger partial charge on any atom is 0.253 e. The number of thiocarbonyl (C=S) groups is 1. The second kappa shape index (κ2) is 6.36. The fourth-order valence-electron chi connectivity index (χ4n) is 4.15. The number of carbonyl (C=O) groups excluding carboxylic acids is 2. The van der Waals surface area contributed by atoms with E-state index < -0.39 is 17.2 Å². The van der Waals surface area contributed by atoms with Crippen molar-refractivity contribution in [2.45, 2.75) is 32.6 Å². The number of amides is 2. The Kier molecular flexibility index (Phi) is 4.41. The average molecular weight is 343 g/mol. The van der Waals surface area contributed by atoms with E-state index in [4.69, 9.17) is 18.0 Å². The Morgan fingerprint density at radius 2 is 1.88 bits per heavy atom. The zero-order valence-electron chi connectivity index (χ0n) is 13.6. The molecule has 1 aromatic rings. The number of primary amides is 1. The van der Waals surface area contributed by atoms with E-state index >= 15 is 0 Å². The Hall–Kier alpha value is -2.21. The van der Waals surface area contributed by atoms with Crippen LogP contribution in [0.2, 0.25) is 0 Å². The average Bonchev–Trinajstić information content (AvgIpc) is 2.96. The van der Waals surface area contributed by atoms with Crippen molar-refractivity contribution >= 4 is 34.7 Å². The molecule has 1 heterocycles. The van der Waals surface area contributed by atoms with Crippen LogP contribution < -0.4 is 16.4 Å². The highest BCUT2D eigenvalue weighted by Gasteiger charge is 2.53. The Bertz CT molecular complexity index is 721. The number of para-hydroxylation sites is 1. The Morgan fingerprint density at radius 3 is 2.46 bits per heavy atom. The number of hydrogen-bond acceptors (Lipinski definition) is 3. The first-order valence-corrected chi connectivity index (χ1v) is 8.54. The van der Waals surface area contributed by atoms with Crippen LogP contribution >= 0.6 is 12.2 Å². The van der Waals surface area contributed by atoms with Crippen molar-refractivity contribution < 1.29 is 9.59 Å². The van der Waals surface area contributed by atoms with E-state index in [2.05, 4.69) is 10.6 Å². The number of hydrogen-bond donors (Lipinski definition) is 3. The van der Waals surface area contributed by atoms with Crippen molar-refractivity contribution in [3.8, 4) is 0 Å². The van der Waals surface area contributed by atoms with Crippen molar-refractivity contribution in [3.63, 3.8) is 0 Å². The molecule has 5 nitrogen and oxygen atoms in total. The molecule has 0 radical (unpaired) electrons. The number of allylic oxidation sites excluding steroid dienone is 1. The Balaban J connectivity index is 2.02. The predicted molar refractivity (Wildman–Crippen MR) is 97.1 cm³/mol. The topological polar surface area (TPSA) is 84.2 Å². The van der Waals surface area contributed by atoms with Crippen LogP contribution in [0.15, 0.2) is 41.6 Å². The van der Waals surface area contributed by atoms with Gasteiger partial charge in [0.15, 0.2) is 0 Å². The highest BCUT2D eigenvalue weighted by Crippen LogP contribution is 2.53. The van der Waals surface area contributed by atoms with Gasteiger partial charge in [-0.1, -0.05) is 43.3 Å². The maximum absolute atomic E-state index is 13.0. The molecule has 6 heteroatoms. The van der Waals surface area contributed by atoms with E-state index in [1.165, 1.54) is 0 Å². The van der Waals surface area contributed by atoms with Crippen molar-refractivity contribution in [2.75, 3.05) is 5.32 Å². The third-order valence-electron chi connectivity index (χ3n) is 5.04. The molecule has 2 amide bonds. The van der Waals surface area contributed by atoms with Crippen LogP contribution in [0.5, 0.6) is 0 Å². The number of benzene rings is 1. The van der Waals surface area contributed by atoms with Crippen molar-refractivity contribution in [1.82, 2.24) is 5.32 Å². The van der Waals surface area contributed by atoms with Crippen molar-refractivity contribution in [3.05, 3.63) is 41.6 Å². The summed E-state index contributed by atoms with van der Waals surface area (Å²) in [5, 5.41) is 5.96. The molecule has 4 N–H and O–H groups in total. The van der Waals surface area contributed by atoms with E-state index in [9.17, 15) is 9.59 Å². The van der Waals surface area contributed by atoms with Gasteiger partial charge in [-0.2, -0.15) is 0 Å². The lowest BCUT2D eigenvalue weighted by Gasteiger charge is -2.42. The molecule has 1 aliphatic carbocycles. The lowest BCUT2D eigenvalue weighted by atomic mass is 9.65. The van der Waals surface area contributed by atoms with E-state index in [-0.39, 0.29) is 5.91 Å². The molecule has 1 aromatic carbocycles. The van der Waals surface area contributed by atoms with Gasteiger partial charge in [0.05, 0.1) is 10.9 Å². The van der Waals surface area contributed by atoms with Gasteiger partial charge in [-0.3, -0.25) is 9.59 Å². The molecule has 126 valence electrons. The van der Waals surface area contributed by atoms with E-state index in [1.54, 1.807) is 0 Å². The van der Waals surface area contributed by atoms with Gasteiger partial charge in [0, 0.05) is 22.4 Å². The summed E-state index contributed by atoms with van der Waals surface area (Å²) in [5.74, 6) is -1.29. The molecule has 2 aliphatic rings. The SMILES string of the molecule is CC1=C(C(=O)Nc2ccccc2)C2(CCCC2)[C@@H](C(N)=O)C(=S)N1. The largest absolute Gasteiger partial charge is 0.369 e. The van der Waals surface area contributed by atoms with Gasteiger partial charge in [-0.25, -0.2) is 0 Å². The first kappa shape index (κ1) is 16.6. The lowest BCUT2D eigenvalue weighted by Crippen LogP contribution is -2.53. The maximum atomic E-state index is 13.0. The molecular formula is C18H21N3O2S. The number of rotatable bonds is 3. The number of nitrogens with two attached hydrogens (primary N) is 1. The van der Waals surface area contributed by atoms with Gasteiger partial charge < -0.3 is 16.4 Å². The van der Waals surface area contributed by atoms with Gasteiger partial charge in [0.25, 0.3) is 5.91 Å². The van der Waals surface area contributed by atoms with E-state index in [0.717, 1.165) is 31.4 Å². The molecule has 0 aromatic heterocycles. The molecular weight excluding hydrogens is 322 g/mol. The first-order chi connectivity index (χ1) is 11.5. The smallest absolute Gasteiger partial charge is 0.253 e. The summed E-state index contributed by atoms with van der Waals surface area (Å²) in [6, 6.07) is 9.29. The molecule has 24 heavy (non-hydrogen) atoms. The van der Waals surface area contributed by atoms with Crippen molar-refractivity contribution in [1.29, 1.82) is 0 Å². The molecule has 1 saturated carbocycles. The summed E-state index contributed by atoms with van der Waals surface area (Å²) in [7, 11) is 0. The number of nitrogens with one attached hydrogen (secondary N) is 2. The second-order valence-electron chi connectivity index (χ2n) is 6.51. The molecule has 1 fully saturated rings. The van der Waals surface area contributed by atoms with Gasteiger partial charge in [0.2, 0.25) is 5.91 Å². The molecule has 1 atom stereocenters. The summed E-state index contributed by atoms with van der Waals surface area (Å²) >= 11 is 5.38. The molecule has 1 spiro atoms. The van der Waals surface area contributed by atoms with E-state index in [0.29, 0.717) is 16.3 Å². The van der Waals surface area contributed by atoms with Crippen LogP contribution in [0, 0.1) is 11.3 Å². The van der Waals surface area contributed by atoms with Crippen molar-refractivity contribution in [2.24, 2.45) is 17.1 Å². The van der Waals surface area contributed by atoms with Crippen LogP contribution in [-0.2, 0) is 9.59 Å². The molecule has 0 saturated heterocycles. The standard InChI is InChI=1S/C18H21N3O2S/c1-11-13(16(23)21-12-7-3-2-4-8-12)18(9-5-6-10-18)14(15(19)22)17(24)20-11/h2-4,7-8,14H,5-6,9-10H2,1H3,(H2,19,22)(H,20,24)(H,21,23)/t14-/m0/s1. The summed E-state index contributed by atoms with van der Waals surface area (Å²) in [6.07, 6.45) is 3.41. The van der Waals surface area contributed by atoms with Crippen LogP contribution in [0.3, 0.4) is 0 Å². The van der Waals surface area contributed by atoms with Gasteiger partial charge in [-0.05, 0) is 31.9 Å². The molecule has 1 aliphatic heterocycles. The zero-order valence-corrected chi connectivity index (χ0v) is 14.4. The fourth-order valence-corrected chi connectivity index (χ4v) is 4.64. The minimum atomic E-state index is -0.629. The Labute approximate surface area is 146 Å². The lowest BCUT2D eigenvalue weighted by molar-refractivity contribution is -0.123. The molecule has 3 rings (SSSR count). The monoisotopic (exact) mass is 343 g/mol. The van der Waals surface area contributed by atoms with Crippen LogP contribution in [0.4, 0.5) is 5.69 Å². The molecule has 0 unspecified atom stereocenters. The highest BCUT2D eigenvalue weighted by atomic mass is 32.1. The second-order valence-corrected chi connectivity index (χ2v) is 6.95. The van der Waals surface area contributed by atoms with Gasteiger partial charge in [-0.15, -0.1) is 0 Å². The third-order valence-corrected chi connectivity index (χ3v) is 5.38. The predicted octanol–water partition coefficient (Wildman–Crippen LogP) is 2.49. The van der Waals surface area contributed by atoms with Gasteiger partial charge in [0.1, 0.15) is 0 Å². The quantitative estimate of drug-likeness (QED) is 0.736.